The molecule has 0 fully saturated rings. The van der Waals surface area contributed by atoms with E-state index in [-0.39, 0.29) is 17.5 Å². The van der Waals surface area contributed by atoms with Crippen LogP contribution in [-0.2, 0) is 11.0 Å². The molecule has 0 atom stereocenters. The van der Waals surface area contributed by atoms with Crippen molar-refractivity contribution >= 4 is 34.3 Å². The fourth-order valence-corrected chi connectivity index (χ4v) is 3.14. The fourth-order valence-electron chi connectivity index (χ4n) is 3.14. The third-order valence-electron chi connectivity index (χ3n) is 4.95. The van der Waals surface area contributed by atoms with Crippen molar-refractivity contribution in [3.8, 4) is 11.4 Å². The Morgan fingerprint density at radius 1 is 1.12 bits per heavy atom. The maximum Gasteiger partial charge on any atom is 0.416 e. The standard InChI is InChI=1S/C22H18F4N6O/c1-3-19(33)32(2)21-27-10-14(11-28-21)29-16-9-18-17(8-15(16)23)30-20(31-18)12-4-6-13(7-5-12)22(24,25)26/h4-11,29H,3H2,1-2H3,(H,30,31). The van der Waals surface area contributed by atoms with E-state index in [1.54, 1.807) is 14.0 Å². The maximum atomic E-state index is 14.6. The van der Waals surface area contributed by atoms with E-state index < -0.39 is 17.6 Å². The molecule has 0 radical (unpaired) electrons. The third kappa shape index (κ3) is 4.61. The second-order valence-corrected chi connectivity index (χ2v) is 7.21. The third-order valence-corrected chi connectivity index (χ3v) is 4.95. The average Bonchev–Trinajstić information content (AvgIpc) is 3.21. The number of rotatable bonds is 5. The molecule has 0 saturated carbocycles. The second kappa shape index (κ2) is 8.49. The van der Waals surface area contributed by atoms with E-state index >= 15 is 0 Å². The summed E-state index contributed by atoms with van der Waals surface area (Å²) in [5, 5.41) is 2.86. The SMILES string of the molecule is CCC(=O)N(C)c1ncc(Nc2cc3nc(-c4ccc(C(F)(F)F)cc4)[nH]c3cc2F)cn1. The molecule has 4 aromatic rings. The minimum Gasteiger partial charge on any atom is -0.351 e. The number of alkyl halides is 3. The molecule has 33 heavy (non-hydrogen) atoms. The van der Waals surface area contributed by atoms with E-state index in [9.17, 15) is 22.4 Å². The molecule has 1 amide bonds. The number of hydrogen-bond acceptors (Lipinski definition) is 5. The Morgan fingerprint density at radius 2 is 1.79 bits per heavy atom. The number of aromatic amines is 1. The van der Waals surface area contributed by atoms with Crippen LogP contribution in [0.15, 0.2) is 48.8 Å². The Kier molecular flexibility index (Phi) is 5.71. The lowest BCUT2D eigenvalue weighted by Crippen LogP contribution is -2.26. The normalized spacial score (nSPS) is 11.6. The topological polar surface area (TPSA) is 86.8 Å². The smallest absolute Gasteiger partial charge is 0.351 e. The molecule has 170 valence electrons. The first-order chi connectivity index (χ1) is 15.7. The second-order valence-electron chi connectivity index (χ2n) is 7.21. The number of carbonyl (C=O) groups is 1. The zero-order valence-electron chi connectivity index (χ0n) is 17.5. The summed E-state index contributed by atoms with van der Waals surface area (Å²) in [4.78, 5) is 28.6. The van der Waals surface area contributed by atoms with Crippen LogP contribution in [0.1, 0.15) is 18.9 Å². The van der Waals surface area contributed by atoms with Crippen molar-refractivity contribution in [1.82, 2.24) is 19.9 Å². The number of nitrogens with zero attached hydrogens (tertiary/aromatic N) is 4. The first-order valence-corrected chi connectivity index (χ1v) is 9.88. The minimum atomic E-state index is -4.43. The van der Waals surface area contributed by atoms with E-state index in [1.807, 2.05) is 0 Å². The van der Waals surface area contributed by atoms with Gasteiger partial charge in [-0.05, 0) is 18.2 Å². The molecule has 0 bridgehead atoms. The van der Waals surface area contributed by atoms with Crippen molar-refractivity contribution < 1.29 is 22.4 Å². The molecule has 2 aromatic heterocycles. The highest BCUT2D eigenvalue weighted by Crippen LogP contribution is 2.31. The monoisotopic (exact) mass is 458 g/mol. The molecule has 11 heteroatoms. The highest BCUT2D eigenvalue weighted by Gasteiger charge is 2.30. The van der Waals surface area contributed by atoms with Crippen molar-refractivity contribution in [3.63, 3.8) is 0 Å². The van der Waals surface area contributed by atoms with Gasteiger partial charge >= 0.3 is 6.18 Å². The number of imidazole rings is 1. The molecule has 2 N–H and O–H groups in total. The van der Waals surface area contributed by atoms with Crippen LogP contribution < -0.4 is 10.2 Å². The number of halogens is 4. The van der Waals surface area contributed by atoms with Gasteiger partial charge in [-0.15, -0.1) is 0 Å². The molecule has 2 aromatic carbocycles. The van der Waals surface area contributed by atoms with E-state index in [0.29, 0.717) is 34.5 Å². The van der Waals surface area contributed by atoms with Gasteiger partial charge in [0.05, 0.1) is 40.4 Å². The Hall–Kier alpha value is -4.02. The van der Waals surface area contributed by atoms with Crippen LogP contribution in [0.5, 0.6) is 0 Å². The molecule has 0 aliphatic rings. The van der Waals surface area contributed by atoms with Gasteiger partial charge in [0.2, 0.25) is 11.9 Å². The molecule has 2 heterocycles. The lowest BCUT2D eigenvalue weighted by Gasteiger charge is -2.14. The van der Waals surface area contributed by atoms with Crippen LogP contribution >= 0.6 is 0 Å². The molecule has 0 spiro atoms. The first kappa shape index (κ1) is 22.2. The van der Waals surface area contributed by atoms with Gasteiger partial charge in [0.25, 0.3) is 0 Å². The van der Waals surface area contributed by atoms with E-state index in [0.717, 1.165) is 12.1 Å². The molecular weight excluding hydrogens is 440 g/mol. The molecule has 0 saturated heterocycles. The lowest BCUT2D eigenvalue weighted by molar-refractivity contribution is -0.137. The Morgan fingerprint density at radius 3 is 2.39 bits per heavy atom. The van der Waals surface area contributed by atoms with Crippen LogP contribution in [0.4, 0.5) is 34.9 Å². The summed E-state index contributed by atoms with van der Waals surface area (Å²) < 4.78 is 52.9. The minimum absolute atomic E-state index is 0.113. The highest BCUT2D eigenvalue weighted by molar-refractivity contribution is 5.90. The molecular formula is C22H18F4N6O. The molecule has 0 unspecified atom stereocenters. The van der Waals surface area contributed by atoms with Gasteiger partial charge in [-0.1, -0.05) is 19.1 Å². The predicted octanol–water partition coefficient (Wildman–Crippen LogP) is 5.29. The Balaban J connectivity index is 1.57. The summed E-state index contributed by atoms with van der Waals surface area (Å²) in [6, 6.07) is 7.23. The Bertz CT molecular complexity index is 1300. The van der Waals surface area contributed by atoms with Crippen molar-refractivity contribution in [1.29, 1.82) is 0 Å². The largest absolute Gasteiger partial charge is 0.416 e. The van der Waals surface area contributed by atoms with E-state index in [4.69, 9.17) is 0 Å². The van der Waals surface area contributed by atoms with Crippen LogP contribution in [0, 0.1) is 5.82 Å². The number of H-pyrrole nitrogens is 1. The van der Waals surface area contributed by atoms with Gasteiger partial charge in [0.1, 0.15) is 11.6 Å². The lowest BCUT2D eigenvalue weighted by atomic mass is 10.1. The van der Waals surface area contributed by atoms with E-state index in [1.165, 1.54) is 41.6 Å². The van der Waals surface area contributed by atoms with Crippen molar-refractivity contribution in [3.05, 3.63) is 60.2 Å². The Labute approximate surface area is 185 Å². The van der Waals surface area contributed by atoms with Crippen LogP contribution in [0.3, 0.4) is 0 Å². The predicted molar refractivity (Wildman–Crippen MR) is 116 cm³/mol. The van der Waals surface area contributed by atoms with Crippen LogP contribution in [-0.4, -0.2) is 32.9 Å². The van der Waals surface area contributed by atoms with Crippen LogP contribution in [0.2, 0.25) is 0 Å². The summed E-state index contributed by atoms with van der Waals surface area (Å²) in [5.74, 6) is -0.189. The average molecular weight is 458 g/mol. The molecule has 4 rings (SSSR count). The fraction of sp³-hybridized carbons (Fsp3) is 0.182. The van der Waals surface area contributed by atoms with Gasteiger partial charge in [-0.3, -0.25) is 9.69 Å². The van der Waals surface area contributed by atoms with Gasteiger partial charge in [-0.25, -0.2) is 19.3 Å². The van der Waals surface area contributed by atoms with Crippen molar-refractivity contribution in [2.24, 2.45) is 0 Å². The quantitative estimate of drug-likeness (QED) is 0.397. The summed E-state index contributed by atoms with van der Waals surface area (Å²) in [7, 11) is 1.56. The van der Waals surface area contributed by atoms with Gasteiger partial charge in [0, 0.05) is 25.1 Å². The van der Waals surface area contributed by atoms with E-state index in [2.05, 4.69) is 25.3 Å². The highest BCUT2D eigenvalue weighted by atomic mass is 19.4. The first-order valence-electron chi connectivity index (χ1n) is 9.88. The summed E-state index contributed by atoms with van der Waals surface area (Å²) in [6.07, 6.45) is -1.28. The number of amides is 1. The van der Waals surface area contributed by atoms with Crippen LogP contribution in [0.25, 0.3) is 22.4 Å². The van der Waals surface area contributed by atoms with Gasteiger partial charge < -0.3 is 10.3 Å². The van der Waals surface area contributed by atoms with Crippen molar-refractivity contribution in [2.45, 2.75) is 19.5 Å². The number of nitrogens with one attached hydrogen (secondary N) is 2. The van der Waals surface area contributed by atoms with Gasteiger partial charge in [0.15, 0.2) is 0 Å². The zero-order valence-corrected chi connectivity index (χ0v) is 17.5. The van der Waals surface area contributed by atoms with Crippen molar-refractivity contribution in [2.75, 3.05) is 17.3 Å². The summed E-state index contributed by atoms with van der Waals surface area (Å²) in [6.45, 7) is 1.73. The number of aromatic nitrogens is 4. The molecule has 7 nitrogen and oxygen atoms in total. The summed E-state index contributed by atoms with van der Waals surface area (Å²) in [5.41, 5.74) is 0.983. The summed E-state index contributed by atoms with van der Waals surface area (Å²) >= 11 is 0. The zero-order chi connectivity index (χ0) is 23.8. The number of fused-ring (bicyclic) bond motifs is 1. The van der Waals surface area contributed by atoms with Gasteiger partial charge in [-0.2, -0.15) is 13.2 Å². The maximum absolute atomic E-state index is 14.6. The number of benzene rings is 2. The number of carbonyl (C=O) groups excluding carboxylic acids is 1. The molecule has 0 aliphatic carbocycles. The number of hydrogen-bond donors (Lipinski definition) is 2. The molecule has 0 aliphatic heterocycles. The number of anilines is 3.